The van der Waals surface area contributed by atoms with Gasteiger partial charge in [0, 0.05) is 12.0 Å². The zero-order valence-electron chi connectivity index (χ0n) is 10.8. The summed E-state index contributed by atoms with van der Waals surface area (Å²) >= 11 is 0. The predicted molar refractivity (Wildman–Crippen MR) is 62.0 cm³/mol. The van der Waals surface area contributed by atoms with Gasteiger partial charge in [-0.05, 0) is 33.6 Å². The normalized spacial score (nSPS) is 34.8. The first-order chi connectivity index (χ1) is 8.20. The zero-order valence-corrected chi connectivity index (χ0v) is 10.8. The van der Waals surface area contributed by atoms with Crippen LogP contribution in [0.2, 0.25) is 0 Å². The number of aliphatic hydroxyl groups is 1. The van der Waals surface area contributed by atoms with Gasteiger partial charge in [0.05, 0.1) is 6.10 Å². The molecule has 1 heterocycles. The molecule has 1 aliphatic carbocycles. The molecule has 1 aliphatic heterocycles. The molecular formula is C12H19NO5. The predicted octanol–water partition coefficient (Wildman–Crippen LogP) is 0.830. The lowest BCUT2D eigenvalue weighted by molar-refractivity contribution is -0.147. The number of aliphatic carboxylic acids is 1. The fourth-order valence-electron chi connectivity index (χ4n) is 2.90. The number of carboxylic acids is 1. The molecule has 2 N–H and O–H groups in total. The summed E-state index contributed by atoms with van der Waals surface area (Å²) in [6.45, 7) is 5.22. The molecule has 1 saturated carbocycles. The molecule has 4 atom stereocenters. The third-order valence-corrected chi connectivity index (χ3v) is 3.51. The van der Waals surface area contributed by atoms with Crippen LogP contribution in [-0.2, 0) is 9.53 Å². The Kier molecular flexibility index (Phi) is 3.01. The molecule has 0 radical (unpaired) electrons. The van der Waals surface area contributed by atoms with Crippen LogP contribution in [0, 0.1) is 5.92 Å². The summed E-state index contributed by atoms with van der Waals surface area (Å²) in [6.07, 6.45) is -0.255. The second-order valence-electron chi connectivity index (χ2n) is 6.03. The van der Waals surface area contributed by atoms with E-state index < -0.39 is 29.8 Å². The largest absolute Gasteiger partial charge is 0.480 e. The molecule has 6 nitrogen and oxygen atoms in total. The summed E-state index contributed by atoms with van der Waals surface area (Å²) < 4.78 is 5.23. The highest BCUT2D eigenvalue weighted by Gasteiger charge is 2.56. The average Bonchev–Trinajstić information content (AvgIpc) is 2.69. The molecule has 1 saturated heterocycles. The van der Waals surface area contributed by atoms with Crippen molar-refractivity contribution in [2.45, 2.75) is 57.4 Å². The first-order valence-corrected chi connectivity index (χ1v) is 6.13. The minimum absolute atomic E-state index is 0.221. The SMILES string of the molecule is CC(C)(C)OC(=O)N1C2CC([C@@H](O)C2)[C@@H]1C(=O)O. The summed E-state index contributed by atoms with van der Waals surface area (Å²) in [5.74, 6) is -1.45. The molecule has 1 amide bonds. The molecule has 2 unspecified atom stereocenters. The van der Waals surface area contributed by atoms with Crippen molar-refractivity contribution >= 4 is 12.1 Å². The Hall–Kier alpha value is -1.30. The maximum Gasteiger partial charge on any atom is 0.411 e. The quantitative estimate of drug-likeness (QED) is 0.726. The van der Waals surface area contributed by atoms with Crippen LogP contribution >= 0.6 is 0 Å². The van der Waals surface area contributed by atoms with Crippen LogP contribution in [0.4, 0.5) is 4.79 Å². The standard InChI is InChI=1S/C12H19NO5/c1-12(2,3)18-11(17)13-6-4-7(8(14)5-6)9(13)10(15)16/h6-9,14H,4-5H2,1-3H3,(H,15,16)/t6?,7?,8-,9+/m0/s1. The van der Waals surface area contributed by atoms with Gasteiger partial charge >= 0.3 is 12.1 Å². The van der Waals surface area contributed by atoms with Crippen molar-refractivity contribution in [2.75, 3.05) is 0 Å². The van der Waals surface area contributed by atoms with Gasteiger partial charge in [-0.3, -0.25) is 4.90 Å². The van der Waals surface area contributed by atoms with Crippen LogP contribution in [0.25, 0.3) is 0 Å². The summed E-state index contributed by atoms with van der Waals surface area (Å²) in [6, 6.07) is -1.19. The van der Waals surface area contributed by atoms with Crippen LogP contribution < -0.4 is 0 Å². The summed E-state index contributed by atoms with van der Waals surface area (Å²) in [5, 5.41) is 18.9. The van der Waals surface area contributed by atoms with E-state index in [4.69, 9.17) is 4.74 Å². The maximum atomic E-state index is 12.0. The number of nitrogens with zero attached hydrogens (tertiary/aromatic N) is 1. The molecule has 0 aromatic rings. The molecule has 18 heavy (non-hydrogen) atoms. The Balaban J connectivity index is 2.17. The zero-order chi connectivity index (χ0) is 13.7. The number of aliphatic hydroxyl groups excluding tert-OH is 1. The summed E-state index contributed by atoms with van der Waals surface area (Å²) in [5.41, 5.74) is -0.652. The number of amides is 1. The average molecular weight is 257 g/mol. The first kappa shape index (κ1) is 13.1. The summed E-state index contributed by atoms with van der Waals surface area (Å²) in [4.78, 5) is 24.6. The van der Waals surface area contributed by atoms with Crippen molar-refractivity contribution in [3.63, 3.8) is 0 Å². The van der Waals surface area contributed by atoms with Crippen LogP contribution in [0.3, 0.4) is 0 Å². The van der Waals surface area contributed by atoms with Crippen LogP contribution in [0.15, 0.2) is 0 Å². The molecule has 0 spiro atoms. The first-order valence-electron chi connectivity index (χ1n) is 6.13. The molecule has 0 aromatic heterocycles. The minimum Gasteiger partial charge on any atom is -0.480 e. The lowest BCUT2D eigenvalue weighted by atomic mass is 9.96. The highest BCUT2D eigenvalue weighted by molar-refractivity contribution is 5.82. The van der Waals surface area contributed by atoms with E-state index in [1.807, 2.05) is 0 Å². The van der Waals surface area contributed by atoms with Gasteiger partial charge in [0.2, 0.25) is 0 Å². The number of carboxylic acid groups (broad SMARTS) is 1. The van der Waals surface area contributed by atoms with Crippen LogP contribution in [-0.4, -0.2) is 51.0 Å². The second kappa shape index (κ2) is 4.12. The van der Waals surface area contributed by atoms with E-state index in [0.717, 1.165) is 0 Å². The third kappa shape index (κ3) is 2.16. The Bertz CT molecular complexity index is 375. The van der Waals surface area contributed by atoms with Gasteiger partial charge < -0.3 is 14.9 Å². The van der Waals surface area contributed by atoms with Crippen molar-refractivity contribution in [3.8, 4) is 0 Å². The Labute approximate surface area is 106 Å². The highest BCUT2D eigenvalue weighted by atomic mass is 16.6. The molecule has 0 aromatic carbocycles. The molecule has 2 bridgehead atoms. The molecule has 2 rings (SSSR count). The Morgan fingerprint density at radius 1 is 1.28 bits per heavy atom. The number of rotatable bonds is 1. The van der Waals surface area contributed by atoms with Crippen molar-refractivity contribution in [1.82, 2.24) is 4.90 Å². The van der Waals surface area contributed by atoms with Gasteiger partial charge in [-0.2, -0.15) is 0 Å². The number of likely N-dealkylation sites (tertiary alicyclic amines) is 1. The van der Waals surface area contributed by atoms with E-state index in [9.17, 15) is 19.8 Å². The van der Waals surface area contributed by atoms with Crippen LogP contribution in [0.5, 0.6) is 0 Å². The lowest BCUT2D eigenvalue weighted by Crippen LogP contribution is -2.53. The molecule has 2 aliphatic rings. The van der Waals surface area contributed by atoms with Gasteiger partial charge in [-0.1, -0.05) is 0 Å². The number of piperidine rings is 1. The van der Waals surface area contributed by atoms with E-state index in [0.29, 0.717) is 12.8 Å². The number of hydrogen-bond acceptors (Lipinski definition) is 4. The highest BCUT2D eigenvalue weighted by Crippen LogP contribution is 2.43. The van der Waals surface area contributed by atoms with E-state index in [-0.39, 0.29) is 12.0 Å². The number of carbonyl (C=O) groups is 2. The van der Waals surface area contributed by atoms with Gasteiger partial charge in [0.1, 0.15) is 11.6 Å². The Morgan fingerprint density at radius 2 is 1.89 bits per heavy atom. The molecule has 2 fully saturated rings. The van der Waals surface area contributed by atoms with Gasteiger partial charge in [-0.15, -0.1) is 0 Å². The third-order valence-electron chi connectivity index (χ3n) is 3.51. The van der Waals surface area contributed by atoms with Crippen molar-refractivity contribution < 1.29 is 24.5 Å². The van der Waals surface area contributed by atoms with Crippen molar-refractivity contribution in [2.24, 2.45) is 5.92 Å². The topological polar surface area (TPSA) is 87.1 Å². The minimum atomic E-state index is -1.08. The molecule has 6 heteroatoms. The van der Waals surface area contributed by atoms with Crippen molar-refractivity contribution in [3.05, 3.63) is 0 Å². The lowest BCUT2D eigenvalue weighted by Gasteiger charge is -2.35. The number of fused-ring (bicyclic) bond motifs is 2. The van der Waals surface area contributed by atoms with E-state index in [2.05, 4.69) is 0 Å². The van der Waals surface area contributed by atoms with E-state index in [1.54, 1.807) is 20.8 Å². The fourth-order valence-corrected chi connectivity index (χ4v) is 2.90. The van der Waals surface area contributed by atoms with Crippen LogP contribution in [0.1, 0.15) is 33.6 Å². The summed E-state index contributed by atoms with van der Waals surface area (Å²) in [7, 11) is 0. The molecule has 102 valence electrons. The second-order valence-corrected chi connectivity index (χ2v) is 6.03. The number of ether oxygens (including phenoxy) is 1. The smallest absolute Gasteiger partial charge is 0.411 e. The van der Waals surface area contributed by atoms with Gasteiger partial charge in [-0.25, -0.2) is 9.59 Å². The Morgan fingerprint density at radius 3 is 2.39 bits per heavy atom. The fraction of sp³-hybridized carbons (Fsp3) is 0.833. The van der Waals surface area contributed by atoms with Crippen molar-refractivity contribution in [1.29, 1.82) is 0 Å². The van der Waals surface area contributed by atoms with E-state index >= 15 is 0 Å². The monoisotopic (exact) mass is 257 g/mol. The van der Waals surface area contributed by atoms with E-state index in [1.165, 1.54) is 4.90 Å². The maximum absolute atomic E-state index is 12.0. The molecular weight excluding hydrogens is 238 g/mol. The van der Waals surface area contributed by atoms with Gasteiger partial charge in [0.25, 0.3) is 0 Å². The van der Waals surface area contributed by atoms with Gasteiger partial charge in [0.15, 0.2) is 0 Å². The number of hydrogen-bond donors (Lipinski definition) is 2. The number of carbonyl (C=O) groups excluding carboxylic acids is 1.